The molecular weight excluding hydrogens is 210 g/mol. The van der Waals surface area contributed by atoms with E-state index in [2.05, 4.69) is 6.92 Å². The second kappa shape index (κ2) is 3.98. The van der Waals surface area contributed by atoms with Crippen molar-refractivity contribution >= 4 is 0 Å². The predicted molar refractivity (Wildman–Crippen MR) is 39.7 cm³/mol. The van der Waals surface area contributed by atoms with Gasteiger partial charge in [-0.15, -0.1) is 0 Å². The quantitative estimate of drug-likeness (QED) is 0.617. The van der Waals surface area contributed by atoms with E-state index in [1.165, 1.54) is 0 Å². The molecule has 0 nitrogen and oxygen atoms in total. The Bertz CT molecular complexity index is 181. The molecule has 0 aliphatic carbocycles. The molecule has 0 fully saturated rings. The fourth-order valence-corrected chi connectivity index (χ4v) is 0.944. The highest BCUT2D eigenvalue weighted by Gasteiger charge is 2.46. The molecule has 0 bridgehead atoms. The van der Waals surface area contributed by atoms with Crippen LogP contribution in [0, 0.1) is 6.92 Å². The van der Waals surface area contributed by atoms with E-state index < -0.39 is 37.0 Å². The standard InChI is InChI=1S/C8H11F6/c1-3-7(11,12)5-8(13,14)4-6(2,9)10/h2-5H2,1H3. The van der Waals surface area contributed by atoms with Gasteiger partial charge in [-0.2, -0.15) is 0 Å². The lowest BCUT2D eigenvalue weighted by Crippen LogP contribution is -2.33. The molecule has 85 valence electrons. The Morgan fingerprint density at radius 1 is 0.857 bits per heavy atom. The minimum absolute atomic E-state index is 0.800. The smallest absolute Gasteiger partial charge is 0.207 e. The van der Waals surface area contributed by atoms with Crippen molar-refractivity contribution in [2.45, 2.75) is 44.0 Å². The molecule has 0 aliphatic heterocycles. The van der Waals surface area contributed by atoms with Crippen LogP contribution < -0.4 is 0 Å². The van der Waals surface area contributed by atoms with Crippen molar-refractivity contribution in [2.75, 3.05) is 0 Å². The van der Waals surface area contributed by atoms with Crippen LogP contribution in [0.1, 0.15) is 26.2 Å². The van der Waals surface area contributed by atoms with Gasteiger partial charge in [0.2, 0.25) is 0 Å². The molecule has 0 N–H and O–H groups in total. The second-order valence-electron chi connectivity index (χ2n) is 3.27. The van der Waals surface area contributed by atoms with Crippen molar-refractivity contribution < 1.29 is 26.3 Å². The Morgan fingerprint density at radius 3 is 1.57 bits per heavy atom. The molecule has 0 aromatic heterocycles. The number of alkyl halides is 6. The molecule has 0 unspecified atom stereocenters. The van der Waals surface area contributed by atoms with Gasteiger partial charge in [-0.3, -0.25) is 0 Å². The van der Waals surface area contributed by atoms with Gasteiger partial charge in [0.15, 0.2) is 0 Å². The monoisotopic (exact) mass is 221 g/mol. The zero-order valence-electron chi connectivity index (χ0n) is 7.60. The Hall–Kier alpha value is -0.420. The van der Waals surface area contributed by atoms with Gasteiger partial charge < -0.3 is 0 Å². The summed E-state index contributed by atoms with van der Waals surface area (Å²) in [5, 5.41) is 0. The Labute approximate surface area is 78.3 Å². The molecule has 0 amide bonds. The lowest BCUT2D eigenvalue weighted by atomic mass is 10.0. The summed E-state index contributed by atoms with van der Waals surface area (Å²) in [5.74, 6) is -11.6. The lowest BCUT2D eigenvalue weighted by molar-refractivity contribution is -0.146. The van der Waals surface area contributed by atoms with Gasteiger partial charge >= 0.3 is 0 Å². The third-order valence-electron chi connectivity index (χ3n) is 1.55. The molecule has 0 aromatic rings. The zero-order valence-corrected chi connectivity index (χ0v) is 7.60. The Morgan fingerprint density at radius 2 is 1.29 bits per heavy atom. The average molecular weight is 221 g/mol. The second-order valence-corrected chi connectivity index (χ2v) is 3.27. The molecule has 0 aromatic carbocycles. The van der Waals surface area contributed by atoms with E-state index in [1.54, 1.807) is 0 Å². The molecule has 0 heterocycles. The van der Waals surface area contributed by atoms with Crippen LogP contribution in [0.4, 0.5) is 26.3 Å². The van der Waals surface area contributed by atoms with E-state index in [0.29, 0.717) is 0 Å². The van der Waals surface area contributed by atoms with E-state index in [4.69, 9.17) is 0 Å². The van der Waals surface area contributed by atoms with Crippen LogP contribution in [0.25, 0.3) is 0 Å². The summed E-state index contributed by atoms with van der Waals surface area (Å²) in [5.41, 5.74) is 0. The molecule has 0 saturated heterocycles. The van der Waals surface area contributed by atoms with Crippen LogP contribution in [0.15, 0.2) is 0 Å². The maximum Gasteiger partial charge on any atom is 0.259 e. The maximum atomic E-state index is 12.6. The third kappa shape index (κ3) is 6.10. The molecular formula is C8H11F6. The first-order valence-corrected chi connectivity index (χ1v) is 3.96. The number of hydrogen-bond donors (Lipinski definition) is 0. The molecule has 6 heteroatoms. The maximum absolute atomic E-state index is 12.6. The topological polar surface area (TPSA) is 0 Å². The van der Waals surface area contributed by atoms with Crippen LogP contribution >= 0.6 is 0 Å². The van der Waals surface area contributed by atoms with Gasteiger partial charge in [-0.05, 0) is 0 Å². The average Bonchev–Trinajstić information content (AvgIpc) is 1.78. The summed E-state index contributed by atoms with van der Waals surface area (Å²) in [7, 11) is 0. The van der Waals surface area contributed by atoms with Crippen molar-refractivity contribution in [1.29, 1.82) is 0 Å². The van der Waals surface area contributed by atoms with Gasteiger partial charge in [0.25, 0.3) is 17.8 Å². The molecule has 14 heavy (non-hydrogen) atoms. The summed E-state index contributed by atoms with van der Waals surface area (Å²) in [6.07, 6.45) is -4.61. The van der Waals surface area contributed by atoms with E-state index in [0.717, 1.165) is 6.92 Å². The highest BCUT2D eigenvalue weighted by molar-refractivity contribution is 4.83. The fraction of sp³-hybridized carbons (Fsp3) is 0.875. The van der Waals surface area contributed by atoms with Gasteiger partial charge in [-0.1, -0.05) is 6.92 Å². The van der Waals surface area contributed by atoms with Crippen LogP contribution in [0.2, 0.25) is 0 Å². The van der Waals surface area contributed by atoms with Gasteiger partial charge in [0, 0.05) is 13.3 Å². The first-order chi connectivity index (χ1) is 5.97. The van der Waals surface area contributed by atoms with Crippen LogP contribution in [-0.2, 0) is 0 Å². The Kier molecular flexibility index (Phi) is 3.86. The lowest BCUT2D eigenvalue weighted by Gasteiger charge is -2.24. The third-order valence-corrected chi connectivity index (χ3v) is 1.55. The molecule has 0 spiro atoms. The highest BCUT2D eigenvalue weighted by atomic mass is 19.3. The van der Waals surface area contributed by atoms with Gasteiger partial charge in [0.05, 0.1) is 12.8 Å². The normalized spacial score (nSPS) is 14.6. The van der Waals surface area contributed by atoms with Crippen molar-refractivity contribution in [1.82, 2.24) is 0 Å². The summed E-state index contributed by atoms with van der Waals surface area (Å²) in [6, 6.07) is 0. The van der Waals surface area contributed by atoms with Crippen molar-refractivity contribution in [2.24, 2.45) is 0 Å². The SMILES string of the molecule is [CH2]C(F)(F)CC(F)(F)CC(F)(F)CC. The molecule has 0 atom stereocenters. The van der Waals surface area contributed by atoms with Gasteiger partial charge in [-0.25, -0.2) is 26.3 Å². The van der Waals surface area contributed by atoms with Crippen LogP contribution in [0.3, 0.4) is 0 Å². The Balaban J connectivity index is 4.35. The number of halogens is 6. The molecule has 0 saturated carbocycles. The summed E-state index contributed by atoms with van der Waals surface area (Å²) < 4.78 is 74.3. The highest BCUT2D eigenvalue weighted by Crippen LogP contribution is 2.38. The summed E-state index contributed by atoms with van der Waals surface area (Å²) in [6.45, 7) is 3.17. The van der Waals surface area contributed by atoms with E-state index >= 15 is 0 Å². The van der Waals surface area contributed by atoms with Crippen molar-refractivity contribution in [3.8, 4) is 0 Å². The van der Waals surface area contributed by atoms with Crippen molar-refractivity contribution in [3.05, 3.63) is 6.92 Å². The number of hydrogen-bond acceptors (Lipinski definition) is 0. The van der Waals surface area contributed by atoms with E-state index in [9.17, 15) is 26.3 Å². The van der Waals surface area contributed by atoms with Crippen LogP contribution in [-0.4, -0.2) is 17.8 Å². The molecule has 0 aliphatic rings. The molecule has 0 rings (SSSR count). The molecule has 1 radical (unpaired) electrons. The predicted octanol–water partition coefficient (Wildman–Crippen LogP) is 3.92. The van der Waals surface area contributed by atoms with Crippen LogP contribution in [0.5, 0.6) is 0 Å². The van der Waals surface area contributed by atoms with E-state index in [-0.39, 0.29) is 0 Å². The first kappa shape index (κ1) is 13.6. The minimum Gasteiger partial charge on any atom is -0.207 e. The van der Waals surface area contributed by atoms with Crippen molar-refractivity contribution in [3.63, 3.8) is 0 Å². The largest absolute Gasteiger partial charge is 0.259 e. The number of rotatable bonds is 5. The summed E-state index contributed by atoms with van der Waals surface area (Å²) >= 11 is 0. The first-order valence-electron chi connectivity index (χ1n) is 3.96. The fourth-order valence-electron chi connectivity index (χ4n) is 0.944. The van der Waals surface area contributed by atoms with E-state index in [1.807, 2.05) is 0 Å². The zero-order chi connectivity index (χ0) is 11.6. The summed E-state index contributed by atoms with van der Waals surface area (Å²) in [4.78, 5) is 0. The van der Waals surface area contributed by atoms with Gasteiger partial charge in [0.1, 0.15) is 0 Å². The minimum atomic E-state index is -4.09.